The fourth-order valence-electron chi connectivity index (χ4n) is 2.82. The van der Waals surface area contributed by atoms with E-state index in [1.807, 2.05) is 0 Å². The Bertz CT molecular complexity index is 1100. The highest BCUT2D eigenvalue weighted by Gasteiger charge is 2.18. The molecule has 9 heteroatoms. The van der Waals surface area contributed by atoms with Gasteiger partial charge in [-0.15, -0.1) is 0 Å². The summed E-state index contributed by atoms with van der Waals surface area (Å²) >= 11 is 0. The minimum Gasteiger partial charge on any atom is -0.465 e. The minimum absolute atomic E-state index is 0.0430. The molecule has 0 aliphatic heterocycles. The molecule has 0 saturated carbocycles. The van der Waals surface area contributed by atoms with Crippen LogP contribution in [-0.2, 0) is 9.47 Å². The summed E-state index contributed by atoms with van der Waals surface area (Å²) in [6.07, 6.45) is 0. The molecule has 32 heavy (non-hydrogen) atoms. The Morgan fingerprint density at radius 1 is 0.625 bits per heavy atom. The minimum atomic E-state index is -0.619. The Kier molecular flexibility index (Phi) is 6.92. The van der Waals surface area contributed by atoms with Crippen molar-refractivity contribution in [3.8, 4) is 0 Å². The number of hydrogen-bond donors (Lipinski definition) is 2. The van der Waals surface area contributed by atoms with Gasteiger partial charge >= 0.3 is 11.9 Å². The lowest BCUT2D eigenvalue weighted by atomic mass is 10.1. The zero-order valence-electron chi connectivity index (χ0n) is 17.2. The molecule has 2 amide bonds. The second-order valence-electron chi connectivity index (χ2n) is 6.39. The number of amides is 2. The number of carbonyl (C=O) groups is 4. The molecular formula is C23H19N3O6. The number of hydrogen-bond acceptors (Lipinski definition) is 7. The molecular weight excluding hydrogens is 414 g/mol. The number of pyridine rings is 1. The molecule has 0 spiro atoms. The number of aromatic nitrogens is 1. The first-order chi connectivity index (χ1) is 15.4. The summed E-state index contributed by atoms with van der Waals surface area (Å²) in [4.78, 5) is 53.2. The Morgan fingerprint density at radius 2 is 1.03 bits per heavy atom. The maximum Gasteiger partial charge on any atom is 0.339 e. The van der Waals surface area contributed by atoms with Gasteiger partial charge < -0.3 is 20.1 Å². The van der Waals surface area contributed by atoms with Crippen LogP contribution in [0.15, 0.2) is 66.7 Å². The molecule has 0 saturated heterocycles. The lowest BCUT2D eigenvalue weighted by molar-refractivity contribution is 0.0592. The molecule has 0 atom stereocenters. The Balaban J connectivity index is 1.81. The van der Waals surface area contributed by atoms with E-state index < -0.39 is 23.8 Å². The second-order valence-corrected chi connectivity index (χ2v) is 6.39. The van der Waals surface area contributed by atoms with Crippen molar-refractivity contribution in [2.75, 3.05) is 24.9 Å². The van der Waals surface area contributed by atoms with Crippen molar-refractivity contribution in [2.45, 2.75) is 0 Å². The van der Waals surface area contributed by atoms with Gasteiger partial charge in [0.2, 0.25) is 0 Å². The molecule has 1 aromatic heterocycles. The molecule has 9 nitrogen and oxygen atoms in total. The number of carbonyl (C=O) groups excluding carboxylic acids is 4. The third-order valence-corrected chi connectivity index (χ3v) is 4.38. The van der Waals surface area contributed by atoms with E-state index in [0.29, 0.717) is 0 Å². The van der Waals surface area contributed by atoms with Gasteiger partial charge in [-0.1, -0.05) is 30.3 Å². The van der Waals surface area contributed by atoms with Gasteiger partial charge in [0.1, 0.15) is 11.4 Å². The van der Waals surface area contributed by atoms with E-state index in [9.17, 15) is 19.2 Å². The van der Waals surface area contributed by atoms with Gasteiger partial charge in [-0.05, 0) is 36.4 Å². The van der Waals surface area contributed by atoms with Crippen LogP contribution in [0.2, 0.25) is 0 Å². The van der Waals surface area contributed by atoms with Crippen molar-refractivity contribution < 1.29 is 28.7 Å². The fraction of sp³-hybridized carbons (Fsp3) is 0.0870. The highest BCUT2D eigenvalue weighted by atomic mass is 16.5. The van der Waals surface area contributed by atoms with Crippen molar-refractivity contribution in [1.29, 1.82) is 0 Å². The van der Waals surface area contributed by atoms with Crippen molar-refractivity contribution in [2.24, 2.45) is 0 Å². The molecule has 2 N–H and O–H groups in total. The quantitative estimate of drug-likeness (QED) is 0.572. The van der Waals surface area contributed by atoms with Gasteiger partial charge in [0, 0.05) is 0 Å². The predicted molar refractivity (Wildman–Crippen MR) is 116 cm³/mol. The van der Waals surface area contributed by atoms with Crippen LogP contribution in [0.3, 0.4) is 0 Å². The SMILES string of the molecule is COC(=O)c1ccccc1NC(=O)c1cccc(C(=O)Nc2ccccc2C(=O)OC)n1. The molecule has 0 unspecified atom stereocenters. The molecule has 0 aliphatic rings. The zero-order valence-corrected chi connectivity index (χ0v) is 17.2. The summed E-state index contributed by atoms with van der Waals surface area (Å²) < 4.78 is 9.43. The lowest BCUT2D eigenvalue weighted by Gasteiger charge is -2.11. The number of rotatable bonds is 6. The zero-order chi connectivity index (χ0) is 23.1. The van der Waals surface area contributed by atoms with E-state index in [4.69, 9.17) is 9.47 Å². The first kappa shape index (κ1) is 22.2. The topological polar surface area (TPSA) is 124 Å². The Hall–Kier alpha value is -4.53. The molecule has 162 valence electrons. The first-order valence-corrected chi connectivity index (χ1v) is 9.39. The van der Waals surface area contributed by atoms with Crippen LogP contribution in [0.25, 0.3) is 0 Å². The van der Waals surface area contributed by atoms with Crippen LogP contribution in [0.5, 0.6) is 0 Å². The molecule has 2 aromatic carbocycles. The summed E-state index contributed by atoms with van der Waals surface area (Å²) in [5.74, 6) is -2.45. The van der Waals surface area contributed by atoms with Crippen LogP contribution in [0.4, 0.5) is 11.4 Å². The van der Waals surface area contributed by atoms with Crippen molar-refractivity contribution in [3.63, 3.8) is 0 Å². The van der Waals surface area contributed by atoms with Crippen LogP contribution in [0.1, 0.15) is 41.7 Å². The maximum absolute atomic E-state index is 12.7. The third kappa shape index (κ3) is 4.96. The van der Waals surface area contributed by atoms with E-state index in [1.165, 1.54) is 44.6 Å². The number of methoxy groups -OCH3 is 2. The van der Waals surface area contributed by atoms with E-state index >= 15 is 0 Å². The summed E-state index contributed by atoms with van der Waals surface area (Å²) in [5, 5.41) is 5.19. The van der Waals surface area contributed by atoms with Gasteiger partial charge in [-0.2, -0.15) is 0 Å². The predicted octanol–water partition coefficient (Wildman–Crippen LogP) is 3.16. The number of anilines is 2. The highest BCUT2D eigenvalue weighted by Crippen LogP contribution is 2.18. The lowest BCUT2D eigenvalue weighted by Crippen LogP contribution is -2.20. The van der Waals surface area contributed by atoms with Gasteiger partial charge in [0.25, 0.3) is 11.8 Å². The maximum atomic E-state index is 12.7. The number of esters is 2. The Morgan fingerprint density at radius 3 is 1.44 bits per heavy atom. The van der Waals surface area contributed by atoms with Gasteiger partial charge in [-0.25, -0.2) is 14.6 Å². The number of ether oxygens (including phenoxy) is 2. The molecule has 3 rings (SSSR count). The van der Waals surface area contributed by atoms with E-state index in [2.05, 4.69) is 15.6 Å². The standard InChI is InChI=1S/C23H19N3O6/c1-31-22(29)14-8-3-5-10-16(14)25-20(27)18-12-7-13-19(24-18)21(28)26-17-11-6-4-9-15(17)23(30)32-2/h3-13H,1-2H3,(H,25,27)(H,26,28). The monoisotopic (exact) mass is 433 g/mol. The fourth-order valence-corrected chi connectivity index (χ4v) is 2.82. The molecule has 1 heterocycles. The van der Waals surface area contributed by atoms with Crippen LogP contribution < -0.4 is 10.6 Å². The molecule has 0 radical (unpaired) electrons. The summed E-state index contributed by atoms with van der Waals surface area (Å²) in [6.45, 7) is 0. The number of para-hydroxylation sites is 2. The van der Waals surface area contributed by atoms with Gasteiger partial charge in [0.15, 0.2) is 0 Å². The molecule has 0 aliphatic carbocycles. The van der Waals surface area contributed by atoms with E-state index in [-0.39, 0.29) is 33.9 Å². The normalized spacial score (nSPS) is 10.1. The average Bonchev–Trinajstić information content (AvgIpc) is 2.83. The Labute approximate surface area is 183 Å². The first-order valence-electron chi connectivity index (χ1n) is 9.39. The van der Waals surface area contributed by atoms with Crippen LogP contribution >= 0.6 is 0 Å². The molecule has 0 fully saturated rings. The van der Waals surface area contributed by atoms with Crippen LogP contribution in [0, 0.1) is 0 Å². The highest BCUT2D eigenvalue weighted by molar-refractivity contribution is 6.09. The summed E-state index contributed by atoms with van der Waals surface area (Å²) in [6, 6.07) is 17.0. The second kappa shape index (κ2) is 9.98. The molecule has 3 aromatic rings. The molecule has 0 bridgehead atoms. The van der Waals surface area contributed by atoms with Crippen LogP contribution in [-0.4, -0.2) is 43.0 Å². The van der Waals surface area contributed by atoms with Gasteiger partial charge in [0.05, 0.1) is 36.7 Å². The van der Waals surface area contributed by atoms with E-state index in [1.54, 1.807) is 36.4 Å². The number of nitrogens with zero attached hydrogens (tertiary/aromatic N) is 1. The van der Waals surface area contributed by atoms with Crippen molar-refractivity contribution >= 4 is 35.1 Å². The summed E-state index contributed by atoms with van der Waals surface area (Å²) in [7, 11) is 2.48. The third-order valence-electron chi connectivity index (χ3n) is 4.38. The van der Waals surface area contributed by atoms with Crippen molar-refractivity contribution in [1.82, 2.24) is 4.98 Å². The van der Waals surface area contributed by atoms with E-state index in [0.717, 1.165) is 0 Å². The number of nitrogens with one attached hydrogen (secondary N) is 2. The number of benzene rings is 2. The smallest absolute Gasteiger partial charge is 0.339 e. The average molecular weight is 433 g/mol. The largest absolute Gasteiger partial charge is 0.465 e. The summed E-state index contributed by atoms with van der Waals surface area (Å²) in [5.41, 5.74) is 0.756. The van der Waals surface area contributed by atoms with Gasteiger partial charge in [-0.3, -0.25) is 9.59 Å². The van der Waals surface area contributed by atoms with Crippen molar-refractivity contribution in [3.05, 3.63) is 89.2 Å².